The van der Waals surface area contributed by atoms with Gasteiger partial charge in [-0.25, -0.2) is 18.4 Å². The molecule has 1 aliphatic heterocycles. The molecule has 2 heterocycles. The van der Waals surface area contributed by atoms with Crippen LogP contribution in [0.15, 0.2) is 6.20 Å². The van der Waals surface area contributed by atoms with Crippen molar-refractivity contribution in [2.75, 3.05) is 37.8 Å². The molecule has 1 aliphatic rings. The Bertz CT molecular complexity index is 591. The molecule has 1 aromatic heterocycles. The normalized spacial score (nSPS) is 20.4. The first kappa shape index (κ1) is 16.1. The Labute approximate surface area is 125 Å². The van der Waals surface area contributed by atoms with Gasteiger partial charge in [0.05, 0.1) is 19.0 Å². The second kappa shape index (κ2) is 6.67. The summed E-state index contributed by atoms with van der Waals surface area (Å²) in [7, 11) is -3.16. The van der Waals surface area contributed by atoms with Crippen molar-refractivity contribution in [3.63, 3.8) is 0 Å². The van der Waals surface area contributed by atoms with Gasteiger partial charge in [-0.05, 0) is 13.3 Å². The molecule has 0 amide bonds. The Morgan fingerprint density at radius 3 is 2.95 bits per heavy atom. The molecule has 0 aliphatic carbocycles. The maximum atomic E-state index is 11.6. The zero-order valence-corrected chi connectivity index (χ0v) is 13.5. The standard InChI is InChI=1S/C13H22N4O3S/c1-4-11-7-14-10(2)16-13(11)15-8-12-9-17(5-6-20-12)21(3,18)19/h7,12H,4-6,8-9H2,1-3H3,(H,14,15,16)/t12-/m0/s1. The van der Waals surface area contributed by atoms with Gasteiger partial charge in [0.1, 0.15) is 11.6 Å². The number of anilines is 1. The third kappa shape index (κ3) is 4.36. The molecular formula is C13H22N4O3S. The summed E-state index contributed by atoms with van der Waals surface area (Å²) in [6.45, 7) is 5.62. The maximum Gasteiger partial charge on any atom is 0.211 e. The van der Waals surface area contributed by atoms with E-state index in [4.69, 9.17) is 4.74 Å². The number of nitrogens with one attached hydrogen (secondary N) is 1. The van der Waals surface area contributed by atoms with Crippen molar-refractivity contribution in [1.29, 1.82) is 0 Å². The molecule has 1 aromatic rings. The highest BCUT2D eigenvalue weighted by molar-refractivity contribution is 7.88. The zero-order chi connectivity index (χ0) is 15.5. The monoisotopic (exact) mass is 314 g/mol. The van der Waals surface area contributed by atoms with Gasteiger partial charge in [-0.15, -0.1) is 0 Å². The zero-order valence-electron chi connectivity index (χ0n) is 12.7. The van der Waals surface area contributed by atoms with Crippen molar-refractivity contribution in [2.24, 2.45) is 0 Å². The van der Waals surface area contributed by atoms with Crippen LogP contribution in [0.2, 0.25) is 0 Å². The summed E-state index contributed by atoms with van der Waals surface area (Å²) in [6, 6.07) is 0. The largest absolute Gasteiger partial charge is 0.374 e. The van der Waals surface area contributed by atoms with E-state index >= 15 is 0 Å². The summed E-state index contributed by atoms with van der Waals surface area (Å²) in [4.78, 5) is 8.57. The van der Waals surface area contributed by atoms with Crippen LogP contribution in [0.4, 0.5) is 5.82 Å². The van der Waals surface area contributed by atoms with Gasteiger partial charge in [-0.3, -0.25) is 0 Å². The minimum Gasteiger partial charge on any atom is -0.374 e. The van der Waals surface area contributed by atoms with Gasteiger partial charge in [0.2, 0.25) is 10.0 Å². The van der Waals surface area contributed by atoms with Gasteiger partial charge in [0, 0.05) is 31.4 Å². The van der Waals surface area contributed by atoms with Crippen LogP contribution in [0.3, 0.4) is 0 Å². The van der Waals surface area contributed by atoms with Crippen LogP contribution in [0, 0.1) is 6.92 Å². The molecule has 2 rings (SSSR count). The number of ether oxygens (including phenoxy) is 1. The van der Waals surface area contributed by atoms with Crippen molar-refractivity contribution in [2.45, 2.75) is 26.4 Å². The number of hydrogen-bond acceptors (Lipinski definition) is 6. The van der Waals surface area contributed by atoms with Crippen LogP contribution >= 0.6 is 0 Å². The average Bonchev–Trinajstić information content (AvgIpc) is 2.45. The number of morpholine rings is 1. The topological polar surface area (TPSA) is 84.4 Å². The molecule has 0 radical (unpaired) electrons. The molecule has 0 spiro atoms. The van der Waals surface area contributed by atoms with E-state index in [9.17, 15) is 8.42 Å². The number of hydrogen-bond donors (Lipinski definition) is 1. The molecule has 1 saturated heterocycles. The highest BCUT2D eigenvalue weighted by atomic mass is 32.2. The van der Waals surface area contributed by atoms with E-state index in [1.54, 1.807) is 0 Å². The van der Waals surface area contributed by atoms with E-state index in [1.807, 2.05) is 20.0 Å². The first-order chi connectivity index (χ1) is 9.90. The molecule has 0 bridgehead atoms. The van der Waals surface area contributed by atoms with Crippen molar-refractivity contribution in [3.8, 4) is 0 Å². The highest BCUT2D eigenvalue weighted by Gasteiger charge is 2.26. The molecule has 0 saturated carbocycles. The Morgan fingerprint density at radius 2 is 2.29 bits per heavy atom. The van der Waals surface area contributed by atoms with Crippen molar-refractivity contribution >= 4 is 15.8 Å². The first-order valence-electron chi connectivity index (χ1n) is 7.03. The molecular weight excluding hydrogens is 292 g/mol. The summed E-state index contributed by atoms with van der Waals surface area (Å²) >= 11 is 0. The summed E-state index contributed by atoms with van der Waals surface area (Å²) in [5, 5.41) is 3.25. The highest BCUT2D eigenvalue weighted by Crippen LogP contribution is 2.14. The Morgan fingerprint density at radius 1 is 1.52 bits per heavy atom. The molecule has 0 unspecified atom stereocenters. The fourth-order valence-corrected chi connectivity index (χ4v) is 3.08. The SMILES string of the molecule is CCc1cnc(C)nc1NC[C@H]1CN(S(C)(=O)=O)CCO1. The third-order valence-electron chi connectivity index (χ3n) is 3.43. The minimum atomic E-state index is -3.16. The molecule has 1 atom stereocenters. The second-order valence-corrected chi connectivity index (χ2v) is 7.12. The van der Waals surface area contributed by atoms with Crippen LogP contribution < -0.4 is 5.32 Å². The Hall–Kier alpha value is -1.25. The molecule has 21 heavy (non-hydrogen) atoms. The molecule has 1 N–H and O–H groups in total. The van der Waals surface area contributed by atoms with Crippen molar-refractivity contribution in [1.82, 2.24) is 14.3 Å². The van der Waals surface area contributed by atoms with Gasteiger partial charge in [-0.2, -0.15) is 4.31 Å². The number of aryl methyl sites for hydroxylation is 2. The smallest absolute Gasteiger partial charge is 0.211 e. The van der Waals surface area contributed by atoms with E-state index in [0.29, 0.717) is 32.1 Å². The van der Waals surface area contributed by atoms with Crippen LogP contribution in [-0.2, 0) is 21.2 Å². The van der Waals surface area contributed by atoms with Crippen LogP contribution in [-0.4, -0.2) is 61.3 Å². The molecule has 8 heteroatoms. The van der Waals surface area contributed by atoms with Gasteiger partial charge in [-0.1, -0.05) is 6.92 Å². The van der Waals surface area contributed by atoms with Crippen LogP contribution in [0.5, 0.6) is 0 Å². The number of nitrogens with zero attached hydrogens (tertiary/aromatic N) is 3. The van der Waals surface area contributed by atoms with E-state index in [1.165, 1.54) is 10.6 Å². The molecule has 1 fully saturated rings. The van der Waals surface area contributed by atoms with Gasteiger partial charge < -0.3 is 10.1 Å². The van der Waals surface area contributed by atoms with E-state index in [2.05, 4.69) is 15.3 Å². The fraction of sp³-hybridized carbons (Fsp3) is 0.692. The van der Waals surface area contributed by atoms with Gasteiger partial charge in [0.25, 0.3) is 0 Å². The molecule has 0 aromatic carbocycles. The van der Waals surface area contributed by atoms with Crippen molar-refractivity contribution < 1.29 is 13.2 Å². The second-order valence-electron chi connectivity index (χ2n) is 5.14. The number of sulfonamides is 1. The summed E-state index contributed by atoms with van der Waals surface area (Å²) < 4.78 is 30.2. The van der Waals surface area contributed by atoms with E-state index < -0.39 is 10.0 Å². The molecule has 7 nitrogen and oxygen atoms in total. The predicted molar refractivity (Wildman–Crippen MR) is 80.8 cm³/mol. The van der Waals surface area contributed by atoms with Gasteiger partial charge in [0.15, 0.2) is 0 Å². The minimum absolute atomic E-state index is 0.173. The first-order valence-corrected chi connectivity index (χ1v) is 8.88. The number of rotatable bonds is 5. The summed E-state index contributed by atoms with van der Waals surface area (Å²) in [5.74, 6) is 1.50. The van der Waals surface area contributed by atoms with E-state index in [-0.39, 0.29) is 6.10 Å². The number of aromatic nitrogens is 2. The maximum absolute atomic E-state index is 11.6. The van der Waals surface area contributed by atoms with Crippen LogP contribution in [0.1, 0.15) is 18.3 Å². The average molecular weight is 314 g/mol. The summed E-state index contributed by atoms with van der Waals surface area (Å²) in [5.41, 5.74) is 1.04. The predicted octanol–water partition coefficient (Wildman–Crippen LogP) is 0.420. The van der Waals surface area contributed by atoms with E-state index in [0.717, 1.165) is 17.8 Å². The quantitative estimate of drug-likeness (QED) is 0.848. The van der Waals surface area contributed by atoms with Crippen LogP contribution in [0.25, 0.3) is 0 Å². The van der Waals surface area contributed by atoms with Crippen molar-refractivity contribution in [3.05, 3.63) is 17.6 Å². The third-order valence-corrected chi connectivity index (χ3v) is 4.70. The molecule has 118 valence electrons. The lowest BCUT2D eigenvalue weighted by atomic mass is 10.2. The van der Waals surface area contributed by atoms with Gasteiger partial charge >= 0.3 is 0 Å². The Balaban J connectivity index is 1.98. The summed E-state index contributed by atoms with van der Waals surface area (Å²) in [6.07, 6.45) is 3.71. The Kier molecular flexibility index (Phi) is 5.13. The fourth-order valence-electron chi connectivity index (χ4n) is 2.23. The lowest BCUT2D eigenvalue weighted by molar-refractivity contribution is 0.00699. The lowest BCUT2D eigenvalue weighted by Crippen LogP contribution is -2.47. The lowest BCUT2D eigenvalue weighted by Gasteiger charge is -2.31.